The minimum Gasteiger partial charge on any atom is -0.479 e. The molecule has 2 aromatic rings. The number of carboxylic acids is 2. The second-order valence-electron chi connectivity index (χ2n) is 9.85. The number of aromatic carboxylic acids is 1. The molecule has 0 spiro atoms. The molecule has 0 aliphatic carbocycles. The number of nitrogens with zero attached hydrogens (tertiary/aromatic N) is 3. The molecule has 2 unspecified atom stereocenters. The average molecular weight is 730 g/mol. The summed E-state index contributed by atoms with van der Waals surface area (Å²) in [7, 11) is 0. The van der Waals surface area contributed by atoms with Gasteiger partial charge in [-0.15, -0.1) is 23.5 Å². The summed E-state index contributed by atoms with van der Waals surface area (Å²) >= 11 is 9.85. The van der Waals surface area contributed by atoms with Crippen molar-refractivity contribution < 1.29 is 48.5 Å². The van der Waals surface area contributed by atoms with E-state index in [1.54, 1.807) is 32.2 Å². The van der Waals surface area contributed by atoms with Crippen molar-refractivity contribution in [1.29, 1.82) is 0 Å². The number of thiazole rings is 1. The molecule has 5 N–H and O–H groups in total. The molecule has 15 nitrogen and oxygen atoms in total. The van der Waals surface area contributed by atoms with Crippen molar-refractivity contribution in [3.05, 3.63) is 56.0 Å². The second-order valence-corrected chi connectivity index (χ2v) is 13.5. The molecule has 3 heterocycles. The molecule has 47 heavy (non-hydrogen) atoms. The van der Waals surface area contributed by atoms with Crippen LogP contribution < -0.4 is 11.1 Å². The average Bonchev–Trinajstić information content (AvgIpc) is 3.34. The fraction of sp³-hybridized carbons (Fsp3) is 0.393. The molecule has 3 atom stereocenters. The van der Waals surface area contributed by atoms with Crippen LogP contribution in [0.1, 0.15) is 41.0 Å². The van der Waals surface area contributed by atoms with E-state index in [4.69, 9.17) is 41.9 Å². The van der Waals surface area contributed by atoms with Crippen LogP contribution in [0.3, 0.4) is 0 Å². The number of carboxylic acid groups (broad SMARTS) is 2. The molecule has 1 aromatic heterocycles. The lowest BCUT2D eigenvalue weighted by Crippen LogP contribution is -2.83. The highest BCUT2D eigenvalue weighted by Crippen LogP contribution is 2.47. The zero-order valence-electron chi connectivity index (χ0n) is 25.8. The number of ether oxygens (including phenoxy) is 2. The Morgan fingerprint density at radius 3 is 2.55 bits per heavy atom. The SMILES string of the molecule is CCOC(=O)OC(C)C1(NC(=O)C(=NOCC(=O)O)c2nc(N)sc2Cl)C(=O)N2C=C(SC)CS[C@H]21.Cc1ccc(C(=O)O)c(C)c1. The van der Waals surface area contributed by atoms with Crippen LogP contribution in [0.2, 0.25) is 4.34 Å². The van der Waals surface area contributed by atoms with Gasteiger partial charge in [-0.25, -0.2) is 19.4 Å². The number of halogens is 1. The highest BCUT2D eigenvalue weighted by atomic mass is 35.5. The van der Waals surface area contributed by atoms with E-state index in [1.165, 1.54) is 35.3 Å². The lowest BCUT2D eigenvalue weighted by atomic mass is 9.82. The van der Waals surface area contributed by atoms with Crippen LogP contribution in [0.4, 0.5) is 9.93 Å². The Hall–Kier alpha value is -4.00. The maximum absolute atomic E-state index is 13.5. The number of nitrogens with two attached hydrogens (primary N) is 1. The van der Waals surface area contributed by atoms with Gasteiger partial charge in [0, 0.05) is 16.9 Å². The van der Waals surface area contributed by atoms with Crippen molar-refractivity contribution in [2.45, 2.75) is 44.7 Å². The summed E-state index contributed by atoms with van der Waals surface area (Å²) in [5, 5.41) is 23.1. The van der Waals surface area contributed by atoms with Gasteiger partial charge in [0.2, 0.25) is 6.61 Å². The number of rotatable bonds is 11. The number of thioether (sulfide) groups is 2. The fourth-order valence-corrected chi connectivity index (χ4v) is 7.62. The molecule has 2 amide bonds. The Labute approximate surface area is 286 Å². The van der Waals surface area contributed by atoms with Crippen LogP contribution in [0.15, 0.2) is 34.5 Å². The Balaban J connectivity index is 0.000000461. The topological polar surface area (TPSA) is 220 Å². The number of aryl methyl sites for hydroxylation is 2. The molecule has 2 aliphatic heterocycles. The number of benzene rings is 1. The quantitative estimate of drug-likeness (QED) is 0.112. The van der Waals surface area contributed by atoms with Crippen molar-refractivity contribution in [2.75, 3.05) is 31.0 Å². The predicted molar refractivity (Wildman–Crippen MR) is 178 cm³/mol. The van der Waals surface area contributed by atoms with Gasteiger partial charge >= 0.3 is 18.1 Å². The molecular formula is C28H32ClN5O10S3. The molecule has 19 heteroatoms. The smallest absolute Gasteiger partial charge is 0.479 e. The Bertz CT molecular complexity index is 1620. The third kappa shape index (κ3) is 8.68. The minimum absolute atomic E-state index is 0.00801. The van der Waals surface area contributed by atoms with Crippen LogP contribution >= 0.6 is 46.5 Å². The number of amides is 2. The Morgan fingerprint density at radius 1 is 1.30 bits per heavy atom. The van der Waals surface area contributed by atoms with Gasteiger partial charge in [0.05, 0.1) is 12.2 Å². The van der Waals surface area contributed by atoms with Gasteiger partial charge in [-0.3, -0.25) is 9.59 Å². The summed E-state index contributed by atoms with van der Waals surface area (Å²) in [6.07, 6.45) is 1.38. The van der Waals surface area contributed by atoms with Gasteiger partial charge in [-0.05, 0) is 45.6 Å². The van der Waals surface area contributed by atoms with E-state index in [0.717, 1.165) is 27.4 Å². The Morgan fingerprint density at radius 2 is 2.00 bits per heavy atom. The monoisotopic (exact) mass is 729 g/mol. The Kier molecular flexibility index (Phi) is 12.9. The van der Waals surface area contributed by atoms with Gasteiger partial charge in [0.15, 0.2) is 16.4 Å². The number of β-lactam (4-membered cyclic amide) rings is 1. The van der Waals surface area contributed by atoms with Crippen molar-refractivity contribution in [3.63, 3.8) is 0 Å². The van der Waals surface area contributed by atoms with Crippen molar-refractivity contribution in [3.8, 4) is 0 Å². The zero-order chi connectivity index (χ0) is 35.1. The van der Waals surface area contributed by atoms with E-state index < -0.39 is 59.2 Å². The summed E-state index contributed by atoms with van der Waals surface area (Å²) in [6.45, 7) is 5.98. The van der Waals surface area contributed by atoms with E-state index in [2.05, 4.69) is 15.5 Å². The summed E-state index contributed by atoms with van der Waals surface area (Å²) in [4.78, 5) is 71.5. The standard InChI is InChI=1S/C19H22ClN5O8S3.C9H10O2/c1-4-31-18(30)33-8(2)19(15(29)25-5-9(34-3)7-35-16(19)25)23-14(28)12(24-32-6-10(26)27)11-13(20)36-17(21)22-11;1-6-3-4-8(9(10)11)7(2)5-6/h5,8,16H,4,6-7H2,1-3H3,(H2,21,22)(H,23,28)(H,26,27);3-5H,1-2H3,(H,10,11)/t8?,16-,19?;/m0./s1. The van der Waals surface area contributed by atoms with Crippen molar-refractivity contribution >= 4 is 87.2 Å². The molecule has 1 fully saturated rings. The van der Waals surface area contributed by atoms with E-state index in [1.807, 2.05) is 19.2 Å². The molecule has 254 valence electrons. The van der Waals surface area contributed by atoms with E-state index in [-0.39, 0.29) is 21.8 Å². The molecule has 1 aromatic carbocycles. The van der Waals surface area contributed by atoms with Crippen LogP contribution in [0.5, 0.6) is 0 Å². The molecular weight excluding hydrogens is 698 g/mol. The molecule has 0 radical (unpaired) electrons. The first-order valence-electron chi connectivity index (χ1n) is 13.7. The predicted octanol–water partition coefficient (Wildman–Crippen LogP) is 3.72. The lowest BCUT2D eigenvalue weighted by molar-refractivity contribution is -0.163. The summed E-state index contributed by atoms with van der Waals surface area (Å²) < 4.78 is 10.2. The van der Waals surface area contributed by atoms with Crippen LogP contribution in [0.25, 0.3) is 0 Å². The van der Waals surface area contributed by atoms with E-state index >= 15 is 0 Å². The normalized spacial score (nSPS) is 19.1. The van der Waals surface area contributed by atoms with Crippen molar-refractivity contribution in [2.24, 2.45) is 5.16 Å². The van der Waals surface area contributed by atoms with Gasteiger partial charge in [0.1, 0.15) is 21.5 Å². The number of hydrogen-bond acceptors (Lipinski definition) is 14. The van der Waals surface area contributed by atoms with Crippen molar-refractivity contribution in [1.82, 2.24) is 15.2 Å². The van der Waals surface area contributed by atoms with Gasteiger partial charge in [0.25, 0.3) is 11.8 Å². The van der Waals surface area contributed by atoms with Gasteiger partial charge < -0.3 is 40.5 Å². The molecule has 4 rings (SSSR count). The maximum Gasteiger partial charge on any atom is 0.508 e. The number of aliphatic carboxylic acids is 1. The molecule has 0 bridgehead atoms. The number of anilines is 1. The lowest BCUT2D eigenvalue weighted by Gasteiger charge is -2.57. The summed E-state index contributed by atoms with van der Waals surface area (Å²) in [5.74, 6) is -3.15. The molecule has 0 saturated carbocycles. The number of carbonyl (C=O) groups excluding carboxylic acids is 3. The van der Waals surface area contributed by atoms with Gasteiger partial charge in [-0.1, -0.05) is 45.8 Å². The van der Waals surface area contributed by atoms with Crippen LogP contribution in [-0.2, 0) is 28.7 Å². The molecule has 2 aliphatic rings. The number of carbonyl (C=O) groups is 5. The largest absolute Gasteiger partial charge is 0.508 e. The zero-order valence-corrected chi connectivity index (χ0v) is 29.0. The first-order valence-corrected chi connectivity index (χ1v) is 17.1. The van der Waals surface area contributed by atoms with Crippen LogP contribution in [-0.4, -0.2) is 98.0 Å². The molecule has 1 saturated heterocycles. The minimum atomic E-state index is -1.71. The summed E-state index contributed by atoms with van der Waals surface area (Å²) in [6, 6.07) is 5.30. The second kappa shape index (κ2) is 16.2. The van der Waals surface area contributed by atoms with E-state index in [0.29, 0.717) is 11.3 Å². The number of aromatic nitrogens is 1. The van der Waals surface area contributed by atoms with E-state index in [9.17, 15) is 24.0 Å². The highest BCUT2D eigenvalue weighted by molar-refractivity contribution is 8.05. The first-order chi connectivity index (χ1) is 22.2. The maximum atomic E-state index is 13.5. The third-order valence-electron chi connectivity index (χ3n) is 6.65. The highest BCUT2D eigenvalue weighted by Gasteiger charge is 2.67. The number of nitrogen functional groups attached to an aromatic ring is 1. The van der Waals surface area contributed by atoms with Crippen LogP contribution in [0, 0.1) is 13.8 Å². The first kappa shape index (κ1) is 37.5. The number of fused-ring (bicyclic) bond motifs is 1. The number of oxime groups is 1. The number of nitrogens with one attached hydrogen (secondary N) is 1. The van der Waals surface area contributed by atoms with Gasteiger partial charge in [-0.2, -0.15) is 0 Å². The fourth-order valence-electron chi connectivity index (χ4n) is 4.47. The third-order valence-corrected chi connectivity index (χ3v) is 10.1. The summed E-state index contributed by atoms with van der Waals surface area (Å²) in [5.41, 5.74) is 5.59. The number of hydrogen-bond donors (Lipinski definition) is 4.